The maximum absolute atomic E-state index is 13.1. The first kappa shape index (κ1) is 21.4. The van der Waals surface area contributed by atoms with Crippen molar-refractivity contribution in [1.29, 1.82) is 0 Å². The molecule has 7 heteroatoms. The summed E-state index contributed by atoms with van der Waals surface area (Å²) in [4.78, 5) is 17.9. The van der Waals surface area contributed by atoms with E-state index in [-0.39, 0.29) is 5.91 Å². The van der Waals surface area contributed by atoms with E-state index in [4.69, 9.17) is 14.5 Å². The van der Waals surface area contributed by atoms with Gasteiger partial charge in [0.05, 0.1) is 36.7 Å². The number of hydrogen-bond donors (Lipinski definition) is 1. The molecular formula is C25H26N4O3. The number of pyridine rings is 1. The number of nitrogens with zero attached hydrogens (tertiary/aromatic N) is 3. The zero-order chi connectivity index (χ0) is 22.7. The Morgan fingerprint density at radius 1 is 1.06 bits per heavy atom. The molecule has 2 aromatic heterocycles. The topological polar surface area (TPSA) is 78.3 Å². The van der Waals surface area contributed by atoms with Crippen LogP contribution in [0.15, 0.2) is 54.7 Å². The largest absolute Gasteiger partial charge is 0.493 e. The SMILES string of the molecule is COc1ccc(CCNC(=O)c2cc(-c3cn(C)nc3C)nc3ccccc23)cc1OC. The van der Waals surface area contributed by atoms with Crippen molar-refractivity contribution in [3.63, 3.8) is 0 Å². The second-order valence-corrected chi connectivity index (χ2v) is 7.57. The van der Waals surface area contributed by atoms with E-state index >= 15 is 0 Å². The van der Waals surface area contributed by atoms with Crippen LogP contribution in [0.5, 0.6) is 11.5 Å². The molecule has 0 aliphatic rings. The standard InChI is InChI=1S/C25H26N4O3/c1-16-20(15-29(2)28-16)22-14-19(18-7-5-6-8-21(18)27-22)25(30)26-12-11-17-9-10-23(31-3)24(13-17)32-4/h5-10,13-15H,11-12H2,1-4H3,(H,26,30). The highest BCUT2D eigenvalue weighted by molar-refractivity contribution is 6.07. The van der Waals surface area contributed by atoms with Gasteiger partial charge in [-0.1, -0.05) is 24.3 Å². The third-order valence-electron chi connectivity index (χ3n) is 5.40. The Bertz CT molecular complexity index is 1280. The molecule has 2 heterocycles. The molecule has 164 valence electrons. The summed E-state index contributed by atoms with van der Waals surface area (Å²) in [5, 5.41) is 8.27. The van der Waals surface area contributed by atoms with E-state index in [1.54, 1.807) is 18.9 Å². The van der Waals surface area contributed by atoms with Crippen LogP contribution in [-0.2, 0) is 13.5 Å². The average Bonchev–Trinajstić information content (AvgIpc) is 3.15. The highest BCUT2D eigenvalue weighted by Crippen LogP contribution is 2.28. The Balaban J connectivity index is 1.57. The van der Waals surface area contributed by atoms with Crippen molar-refractivity contribution in [2.75, 3.05) is 20.8 Å². The quantitative estimate of drug-likeness (QED) is 0.481. The van der Waals surface area contributed by atoms with Crippen molar-refractivity contribution in [1.82, 2.24) is 20.1 Å². The fraction of sp³-hybridized carbons (Fsp3) is 0.240. The first-order valence-corrected chi connectivity index (χ1v) is 10.4. The molecule has 0 radical (unpaired) electrons. The number of nitrogens with one attached hydrogen (secondary N) is 1. The van der Waals surface area contributed by atoms with Crippen molar-refractivity contribution >= 4 is 16.8 Å². The summed E-state index contributed by atoms with van der Waals surface area (Å²) >= 11 is 0. The second kappa shape index (κ2) is 9.09. The Morgan fingerprint density at radius 2 is 1.84 bits per heavy atom. The first-order chi connectivity index (χ1) is 15.5. The Labute approximate surface area is 187 Å². The number of hydrogen-bond acceptors (Lipinski definition) is 5. The summed E-state index contributed by atoms with van der Waals surface area (Å²) in [5.74, 6) is 1.22. The molecular weight excluding hydrogens is 404 g/mol. The Kier molecular flexibility index (Phi) is 6.07. The van der Waals surface area contributed by atoms with Crippen LogP contribution in [-0.4, -0.2) is 41.4 Å². The van der Waals surface area contributed by atoms with Gasteiger partial charge in [0.2, 0.25) is 0 Å². The lowest BCUT2D eigenvalue weighted by Gasteiger charge is -2.12. The van der Waals surface area contributed by atoms with Crippen LogP contribution in [0.2, 0.25) is 0 Å². The molecule has 2 aromatic carbocycles. The van der Waals surface area contributed by atoms with Crippen LogP contribution in [0.25, 0.3) is 22.2 Å². The zero-order valence-electron chi connectivity index (χ0n) is 18.7. The lowest BCUT2D eigenvalue weighted by molar-refractivity contribution is 0.0955. The number of carbonyl (C=O) groups excluding carboxylic acids is 1. The number of carbonyl (C=O) groups is 1. The number of ether oxygens (including phenoxy) is 2. The van der Waals surface area contributed by atoms with E-state index in [1.807, 2.05) is 68.7 Å². The van der Waals surface area contributed by atoms with E-state index in [0.717, 1.165) is 33.4 Å². The summed E-state index contributed by atoms with van der Waals surface area (Å²) in [6.07, 6.45) is 2.59. The summed E-state index contributed by atoms with van der Waals surface area (Å²) in [6.45, 7) is 2.43. The molecule has 0 bridgehead atoms. The number of para-hydroxylation sites is 1. The minimum atomic E-state index is -0.133. The monoisotopic (exact) mass is 430 g/mol. The lowest BCUT2D eigenvalue weighted by Crippen LogP contribution is -2.26. The predicted octanol–water partition coefficient (Wildman–Crippen LogP) is 3.93. The Hall–Kier alpha value is -3.87. The van der Waals surface area contributed by atoms with Crippen molar-refractivity contribution in [2.24, 2.45) is 7.05 Å². The molecule has 0 atom stereocenters. The van der Waals surface area contributed by atoms with Gasteiger partial charge in [0.15, 0.2) is 11.5 Å². The average molecular weight is 431 g/mol. The number of aromatic nitrogens is 3. The van der Waals surface area contributed by atoms with Gasteiger partial charge in [-0.15, -0.1) is 0 Å². The molecule has 0 fully saturated rings. The van der Waals surface area contributed by atoms with Gasteiger partial charge in [-0.05, 0) is 43.2 Å². The van der Waals surface area contributed by atoms with Crippen molar-refractivity contribution in [3.8, 4) is 22.8 Å². The van der Waals surface area contributed by atoms with Crippen molar-refractivity contribution < 1.29 is 14.3 Å². The van der Waals surface area contributed by atoms with E-state index in [2.05, 4.69) is 10.4 Å². The van der Waals surface area contributed by atoms with Crippen LogP contribution >= 0.6 is 0 Å². The van der Waals surface area contributed by atoms with E-state index in [9.17, 15) is 4.79 Å². The van der Waals surface area contributed by atoms with E-state index < -0.39 is 0 Å². The van der Waals surface area contributed by atoms with E-state index in [1.165, 1.54) is 0 Å². The third kappa shape index (κ3) is 4.27. The molecule has 32 heavy (non-hydrogen) atoms. The number of methoxy groups -OCH3 is 2. The minimum Gasteiger partial charge on any atom is -0.493 e. The van der Waals surface area contributed by atoms with Crippen LogP contribution in [0, 0.1) is 6.92 Å². The number of fused-ring (bicyclic) bond motifs is 1. The minimum absolute atomic E-state index is 0.133. The molecule has 4 rings (SSSR count). The lowest BCUT2D eigenvalue weighted by atomic mass is 10.0. The summed E-state index contributed by atoms with van der Waals surface area (Å²) in [5.41, 5.74) is 4.95. The first-order valence-electron chi connectivity index (χ1n) is 10.4. The highest BCUT2D eigenvalue weighted by atomic mass is 16.5. The number of amides is 1. The molecule has 0 saturated carbocycles. The maximum Gasteiger partial charge on any atom is 0.252 e. The van der Waals surface area contributed by atoms with Gasteiger partial charge in [0.25, 0.3) is 5.91 Å². The van der Waals surface area contributed by atoms with Crippen molar-refractivity contribution in [2.45, 2.75) is 13.3 Å². The van der Waals surface area contributed by atoms with Gasteiger partial charge >= 0.3 is 0 Å². The van der Waals surface area contributed by atoms with Gasteiger partial charge in [0.1, 0.15) is 0 Å². The molecule has 1 N–H and O–H groups in total. The molecule has 0 unspecified atom stereocenters. The van der Waals surface area contributed by atoms with Crippen LogP contribution < -0.4 is 14.8 Å². The number of aryl methyl sites for hydroxylation is 2. The fourth-order valence-corrected chi connectivity index (χ4v) is 3.80. The third-order valence-corrected chi connectivity index (χ3v) is 5.40. The number of rotatable bonds is 7. The van der Waals surface area contributed by atoms with Gasteiger partial charge in [-0.25, -0.2) is 4.98 Å². The predicted molar refractivity (Wildman–Crippen MR) is 124 cm³/mol. The van der Waals surface area contributed by atoms with Gasteiger partial charge in [-0.2, -0.15) is 5.10 Å². The summed E-state index contributed by atoms with van der Waals surface area (Å²) in [6, 6.07) is 15.3. The summed E-state index contributed by atoms with van der Waals surface area (Å²) < 4.78 is 12.4. The molecule has 4 aromatic rings. The normalized spacial score (nSPS) is 10.9. The van der Waals surface area contributed by atoms with Gasteiger partial charge in [0, 0.05) is 30.7 Å². The van der Waals surface area contributed by atoms with Gasteiger partial charge in [-0.3, -0.25) is 9.48 Å². The Morgan fingerprint density at radius 3 is 2.56 bits per heavy atom. The molecule has 1 amide bonds. The van der Waals surface area contributed by atoms with Crippen LogP contribution in [0.4, 0.5) is 0 Å². The summed E-state index contributed by atoms with van der Waals surface area (Å²) in [7, 11) is 5.09. The van der Waals surface area contributed by atoms with Crippen molar-refractivity contribution in [3.05, 3.63) is 71.5 Å². The molecule has 0 saturated heterocycles. The smallest absolute Gasteiger partial charge is 0.252 e. The molecule has 0 spiro atoms. The van der Waals surface area contributed by atoms with Crippen LogP contribution in [0.1, 0.15) is 21.6 Å². The molecule has 7 nitrogen and oxygen atoms in total. The molecule has 0 aliphatic heterocycles. The fourth-order valence-electron chi connectivity index (χ4n) is 3.80. The second-order valence-electron chi connectivity index (χ2n) is 7.57. The highest BCUT2D eigenvalue weighted by Gasteiger charge is 2.16. The zero-order valence-corrected chi connectivity index (χ0v) is 18.7. The number of benzene rings is 2. The van der Waals surface area contributed by atoms with Crippen LogP contribution in [0.3, 0.4) is 0 Å². The maximum atomic E-state index is 13.1. The van der Waals surface area contributed by atoms with Gasteiger partial charge < -0.3 is 14.8 Å². The molecule has 0 aliphatic carbocycles. The van der Waals surface area contributed by atoms with E-state index in [0.29, 0.717) is 30.0 Å².